The van der Waals surface area contributed by atoms with Gasteiger partial charge in [0.1, 0.15) is 18.3 Å². The number of piperazine rings is 1. The zero-order chi connectivity index (χ0) is 25.4. The number of rotatable bonds is 6. The molecule has 1 aromatic carbocycles. The lowest BCUT2D eigenvalue weighted by Gasteiger charge is -2.40. The molecule has 0 bridgehead atoms. The third kappa shape index (κ3) is 4.92. The largest absolute Gasteiger partial charge is 0.353 e. The van der Waals surface area contributed by atoms with Crippen LogP contribution >= 0.6 is 11.6 Å². The van der Waals surface area contributed by atoms with E-state index in [2.05, 4.69) is 14.9 Å². The van der Waals surface area contributed by atoms with Crippen molar-refractivity contribution in [1.29, 1.82) is 0 Å². The van der Waals surface area contributed by atoms with Gasteiger partial charge in [0.15, 0.2) is 0 Å². The number of nitrogens with zero attached hydrogens (tertiary/aromatic N) is 5. The van der Waals surface area contributed by atoms with E-state index in [0.29, 0.717) is 56.3 Å². The van der Waals surface area contributed by atoms with E-state index in [1.54, 1.807) is 17.0 Å². The van der Waals surface area contributed by atoms with Crippen LogP contribution in [0.3, 0.4) is 0 Å². The maximum atomic E-state index is 14.4. The van der Waals surface area contributed by atoms with Crippen LogP contribution in [0, 0.1) is 0 Å². The molecule has 0 unspecified atom stereocenters. The van der Waals surface area contributed by atoms with Gasteiger partial charge in [-0.15, -0.1) is 0 Å². The Morgan fingerprint density at radius 1 is 1.11 bits per heavy atom. The number of likely N-dealkylation sites (tertiary alicyclic amines) is 1. The number of fused-ring (bicyclic) bond motifs is 1. The van der Waals surface area contributed by atoms with Gasteiger partial charge in [-0.1, -0.05) is 30.7 Å². The fraction of sp³-hybridized carbons (Fsp3) is 0.577. The molecule has 0 saturated carbocycles. The Balaban J connectivity index is 1.35. The monoisotopic (exact) mass is 521 g/mol. The van der Waals surface area contributed by atoms with Crippen LogP contribution in [0.2, 0.25) is 5.02 Å². The van der Waals surface area contributed by atoms with E-state index < -0.39 is 18.5 Å². The van der Waals surface area contributed by atoms with Gasteiger partial charge in [-0.2, -0.15) is 0 Å². The van der Waals surface area contributed by atoms with Crippen LogP contribution in [0.4, 0.5) is 19.0 Å². The van der Waals surface area contributed by atoms with Crippen molar-refractivity contribution < 1.29 is 18.0 Å². The van der Waals surface area contributed by atoms with Crippen molar-refractivity contribution >= 4 is 23.3 Å². The van der Waals surface area contributed by atoms with E-state index in [1.807, 2.05) is 24.0 Å². The highest BCUT2D eigenvalue weighted by molar-refractivity contribution is 6.30. The number of benzene rings is 1. The SMILES string of the molecule is C[C@@H]1C[C@@H](F)c2ncnc(N3CCN(C(=O)[C@@H](c4ccc(Cl)cc4)[C@@H]4CCCN4CC(F)F)CC3)c21. The topological polar surface area (TPSA) is 52.6 Å². The number of halogens is 4. The lowest BCUT2D eigenvalue weighted by molar-refractivity contribution is -0.134. The smallest absolute Gasteiger partial charge is 0.251 e. The van der Waals surface area contributed by atoms with Crippen molar-refractivity contribution in [2.75, 3.05) is 44.2 Å². The van der Waals surface area contributed by atoms with E-state index in [-0.39, 0.29) is 24.4 Å². The molecule has 2 aromatic rings. The molecule has 3 aliphatic rings. The molecule has 2 fully saturated rings. The third-order valence-corrected chi connectivity index (χ3v) is 8.05. The standard InChI is InChI=1S/C26H31ClF3N5O/c1-16-13-19(28)24-22(16)25(32-15-31-24)33-9-11-34(12-10-33)26(36)23(17-4-6-18(27)7-5-17)20-3-2-8-35(20)14-21(29)30/h4-7,15-16,19-21,23H,2-3,8-14H2,1H3/t16-,19-,20+,23+/m1/s1. The summed E-state index contributed by atoms with van der Waals surface area (Å²) in [5.41, 5.74) is 2.15. The summed E-state index contributed by atoms with van der Waals surface area (Å²) in [5, 5.41) is 0.566. The Bertz CT molecular complexity index is 1080. The number of alkyl halides is 3. The molecular weight excluding hydrogens is 491 g/mol. The minimum atomic E-state index is -2.45. The Morgan fingerprint density at radius 3 is 2.53 bits per heavy atom. The molecule has 6 nitrogen and oxygen atoms in total. The molecule has 4 atom stereocenters. The van der Waals surface area contributed by atoms with Gasteiger partial charge in [0.25, 0.3) is 6.43 Å². The van der Waals surface area contributed by atoms with Gasteiger partial charge in [-0.3, -0.25) is 9.69 Å². The van der Waals surface area contributed by atoms with Crippen molar-refractivity contribution in [2.45, 2.75) is 56.7 Å². The molecule has 0 spiro atoms. The molecule has 5 rings (SSSR count). The van der Waals surface area contributed by atoms with E-state index in [0.717, 1.165) is 23.4 Å². The van der Waals surface area contributed by atoms with Gasteiger partial charge >= 0.3 is 0 Å². The van der Waals surface area contributed by atoms with Crippen molar-refractivity contribution in [3.8, 4) is 0 Å². The van der Waals surface area contributed by atoms with Crippen molar-refractivity contribution in [3.05, 3.63) is 52.4 Å². The molecule has 10 heteroatoms. The highest BCUT2D eigenvalue weighted by Gasteiger charge is 2.41. The molecule has 0 radical (unpaired) electrons. The van der Waals surface area contributed by atoms with Gasteiger partial charge < -0.3 is 9.80 Å². The number of hydrogen-bond acceptors (Lipinski definition) is 5. The fourth-order valence-electron chi connectivity index (χ4n) is 6.08. The number of carbonyl (C=O) groups is 1. The van der Waals surface area contributed by atoms with Gasteiger partial charge in [-0.05, 0) is 49.4 Å². The van der Waals surface area contributed by atoms with Crippen LogP contribution in [-0.2, 0) is 4.79 Å². The molecule has 1 aromatic heterocycles. The lowest BCUT2D eigenvalue weighted by Crippen LogP contribution is -2.53. The van der Waals surface area contributed by atoms with Crippen LogP contribution in [0.1, 0.15) is 61.0 Å². The molecule has 1 amide bonds. The number of carbonyl (C=O) groups excluding carboxylic acids is 1. The minimum absolute atomic E-state index is 0.0448. The lowest BCUT2D eigenvalue weighted by atomic mass is 9.88. The fourth-order valence-corrected chi connectivity index (χ4v) is 6.21. The first-order valence-corrected chi connectivity index (χ1v) is 13.0. The predicted octanol–water partition coefficient (Wildman–Crippen LogP) is 4.81. The highest BCUT2D eigenvalue weighted by Crippen LogP contribution is 2.44. The van der Waals surface area contributed by atoms with Crippen LogP contribution < -0.4 is 4.90 Å². The van der Waals surface area contributed by atoms with Crippen molar-refractivity contribution in [3.63, 3.8) is 0 Å². The first kappa shape index (κ1) is 25.3. The van der Waals surface area contributed by atoms with E-state index in [9.17, 15) is 18.0 Å². The Labute approximate surface area is 214 Å². The van der Waals surface area contributed by atoms with Gasteiger partial charge in [-0.25, -0.2) is 23.1 Å². The summed E-state index contributed by atoms with van der Waals surface area (Å²) in [6, 6.07) is 6.88. The predicted molar refractivity (Wildman–Crippen MR) is 132 cm³/mol. The molecule has 2 saturated heterocycles. The third-order valence-electron chi connectivity index (χ3n) is 7.80. The zero-order valence-electron chi connectivity index (χ0n) is 20.3. The molecule has 3 heterocycles. The Kier molecular flexibility index (Phi) is 7.40. The number of anilines is 1. The van der Waals surface area contributed by atoms with E-state index in [1.165, 1.54) is 6.33 Å². The summed E-state index contributed by atoms with van der Waals surface area (Å²) in [5.74, 6) is 0.218. The van der Waals surface area contributed by atoms with E-state index in [4.69, 9.17) is 11.6 Å². The van der Waals surface area contributed by atoms with Crippen LogP contribution in [0.5, 0.6) is 0 Å². The molecule has 194 valence electrons. The number of amides is 1. The summed E-state index contributed by atoms with van der Waals surface area (Å²) >= 11 is 6.09. The second kappa shape index (κ2) is 10.5. The minimum Gasteiger partial charge on any atom is -0.353 e. The van der Waals surface area contributed by atoms with Crippen molar-refractivity contribution in [1.82, 2.24) is 19.8 Å². The number of aromatic nitrogens is 2. The Hall–Kier alpha value is -2.39. The van der Waals surface area contributed by atoms with Crippen LogP contribution in [-0.4, -0.2) is 77.4 Å². The summed E-state index contributed by atoms with van der Waals surface area (Å²) < 4.78 is 41.0. The first-order valence-electron chi connectivity index (χ1n) is 12.6. The Morgan fingerprint density at radius 2 is 1.83 bits per heavy atom. The maximum Gasteiger partial charge on any atom is 0.251 e. The maximum absolute atomic E-state index is 14.4. The normalized spacial score (nSPS) is 25.4. The summed E-state index contributed by atoms with van der Waals surface area (Å²) in [6.45, 7) is 4.33. The second-order valence-corrected chi connectivity index (χ2v) is 10.5. The van der Waals surface area contributed by atoms with Gasteiger partial charge in [0.2, 0.25) is 5.91 Å². The average Bonchev–Trinajstić information content (AvgIpc) is 3.43. The highest BCUT2D eigenvalue weighted by atomic mass is 35.5. The first-order chi connectivity index (χ1) is 17.3. The quantitative estimate of drug-likeness (QED) is 0.546. The van der Waals surface area contributed by atoms with Gasteiger partial charge in [0.05, 0.1) is 18.2 Å². The molecular formula is C26H31ClF3N5O. The summed E-state index contributed by atoms with van der Waals surface area (Å²) in [4.78, 5) is 28.3. The molecule has 36 heavy (non-hydrogen) atoms. The van der Waals surface area contributed by atoms with Crippen LogP contribution in [0.25, 0.3) is 0 Å². The number of hydrogen-bond donors (Lipinski definition) is 0. The molecule has 2 aliphatic heterocycles. The average molecular weight is 522 g/mol. The molecule has 0 N–H and O–H groups in total. The summed E-state index contributed by atoms with van der Waals surface area (Å²) in [6.07, 6.45) is -0.196. The molecule has 1 aliphatic carbocycles. The second-order valence-electron chi connectivity index (χ2n) is 10.0. The van der Waals surface area contributed by atoms with Gasteiger partial charge in [0, 0.05) is 42.8 Å². The van der Waals surface area contributed by atoms with Crippen LogP contribution in [0.15, 0.2) is 30.6 Å². The van der Waals surface area contributed by atoms with Crippen molar-refractivity contribution in [2.24, 2.45) is 0 Å². The van der Waals surface area contributed by atoms with E-state index >= 15 is 0 Å². The zero-order valence-corrected chi connectivity index (χ0v) is 21.0. The summed E-state index contributed by atoms with van der Waals surface area (Å²) in [7, 11) is 0.